The van der Waals surface area contributed by atoms with E-state index >= 15 is 0 Å². The monoisotopic (exact) mass is 246 g/mol. The fraction of sp³-hybridized carbons (Fsp3) is 0.357. The van der Waals surface area contributed by atoms with Gasteiger partial charge < -0.3 is 5.73 Å². The number of hydrogen-bond acceptors (Lipinski definition) is 3. The van der Waals surface area contributed by atoms with Crippen molar-refractivity contribution in [3.63, 3.8) is 0 Å². The summed E-state index contributed by atoms with van der Waals surface area (Å²) in [6.45, 7) is 6.20. The van der Waals surface area contributed by atoms with Crippen molar-refractivity contribution in [2.75, 3.05) is 0 Å². The van der Waals surface area contributed by atoms with E-state index in [1.165, 1.54) is 11.1 Å². The number of thiazole rings is 1. The van der Waals surface area contributed by atoms with E-state index in [-0.39, 0.29) is 5.54 Å². The zero-order chi connectivity index (χ0) is 12.5. The molecule has 0 aliphatic carbocycles. The molecule has 2 rings (SSSR count). The summed E-state index contributed by atoms with van der Waals surface area (Å²) >= 11 is 1.69. The van der Waals surface area contributed by atoms with E-state index in [4.69, 9.17) is 5.73 Å². The van der Waals surface area contributed by atoms with Gasteiger partial charge in [0.15, 0.2) is 0 Å². The summed E-state index contributed by atoms with van der Waals surface area (Å²) < 4.78 is 0. The maximum Gasteiger partial charge on any atom is 0.0949 e. The summed E-state index contributed by atoms with van der Waals surface area (Å²) in [6, 6.07) is 8.30. The maximum absolute atomic E-state index is 6.45. The van der Waals surface area contributed by atoms with Crippen molar-refractivity contribution in [1.29, 1.82) is 0 Å². The molecule has 0 amide bonds. The summed E-state index contributed by atoms with van der Waals surface area (Å²) in [6.07, 6.45) is 0.788. The first-order valence-corrected chi connectivity index (χ1v) is 6.63. The Kier molecular flexibility index (Phi) is 3.31. The van der Waals surface area contributed by atoms with Crippen LogP contribution in [0.5, 0.6) is 0 Å². The predicted octanol–water partition coefficient (Wildman–Crippen LogP) is 3.18. The molecule has 1 aromatic carbocycles. The second-order valence-electron chi connectivity index (χ2n) is 4.79. The molecule has 0 spiro atoms. The van der Waals surface area contributed by atoms with Gasteiger partial charge in [0.2, 0.25) is 0 Å². The molecular formula is C14H18N2S. The highest BCUT2D eigenvalue weighted by atomic mass is 32.1. The van der Waals surface area contributed by atoms with Crippen molar-refractivity contribution in [3.8, 4) is 0 Å². The van der Waals surface area contributed by atoms with E-state index in [1.807, 2.05) is 19.1 Å². The Morgan fingerprint density at radius 3 is 2.59 bits per heavy atom. The topological polar surface area (TPSA) is 38.9 Å². The van der Waals surface area contributed by atoms with E-state index in [9.17, 15) is 0 Å². The number of nitrogens with two attached hydrogens (primary N) is 1. The van der Waals surface area contributed by atoms with Crippen LogP contribution in [0.25, 0.3) is 0 Å². The number of nitrogens with zero attached hydrogens (tertiary/aromatic N) is 1. The van der Waals surface area contributed by atoms with E-state index in [1.54, 1.807) is 11.3 Å². The standard InChI is InChI=1S/C14H18N2S/c1-10-6-4-5-7-12(10)14(3,15)8-13-16-11(2)9-17-13/h4-7,9H,8,15H2,1-3H3. The van der Waals surface area contributed by atoms with Crippen LogP contribution in [-0.2, 0) is 12.0 Å². The molecule has 0 fully saturated rings. The lowest BCUT2D eigenvalue weighted by molar-refractivity contribution is 0.487. The number of aryl methyl sites for hydroxylation is 2. The van der Waals surface area contributed by atoms with Gasteiger partial charge in [-0.25, -0.2) is 4.98 Å². The van der Waals surface area contributed by atoms with Crippen molar-refractivity contribution in [2.24, 2.45) is 5.73 Å². The van der Waals surface area contributed by atoms with Crippen LogP contribution in [0, 0.1) is 13.8 Å². The Morgan fingerprint density at radius 2 is 2.00 bits per heavy atom. The number of aromatic nitrogens is 1. The van der Waals surface area contributed by atoms with Crippen LogP contribution in [0.1, 0.15) is 28.8 Å². The third-order valence-corrected chi connectivity index (χ3v) is 3.91. The smallest absolute Gasteiger partial charge is 0.0949 e. The Hall–Kier alpha value is -1.19. The third-order valence-electron chi connectivity index (χ3n) is 2.95. The fourth-order valence-corrected chi connectivity index (χ4v) is 3.05. The molecule has 0 saturated carbocycles. The summed E-state index contributed by atoms with van der Waals surface area (Å²) in [7, 11) is 0. The van der Waals surface area contributed by atoms with Crippen molar-refractivity contribution in [2.45, 2.75) is 32.7 Å². The first-order valence-electron chi connectivity index (χ1n) is 5.75. The van der Waals surface area contributed by atoms with Crippen LogP contribution in [0.3, 0.4) is 0 Å². The minimum atomic E-state index is -0.352. The molecule has 90 valence electrons. The SMILES string of the molecule is Cc1csc(CC(C)(N)c2ccccc2C)n1. The maximum atomic E-state index is 6.45. The van der Waals surface area contributed by atoms with Gasteiger partial charge in [0.05, 0.1) is 5.01 Å². The molecule has 2 aromatic rings. The fourth-order valence-electron chi connectivity index (χ4n) is 2.11. The molecule has 3 heteroatoms. The van der Waals surface area contributed by atoms with Gasteiger partial charge in [0, 0.05) is 23.0 Å². The van der Waals surface area contributed by atoms with Crippen molar-refractivity contribution >= 4 is 11.3 Å². The summed E-state index contributed by atoms with van der Waals surface area (Å²) in [5.74, 6) is 0. The average molecular weight is 246 g/mol. The summed E-state index contributed by atoms with van der Waals surface area (Å²) in [5, 5.41) is 3.18. The zero-order valence-corrected chi connectivity index (χ0v) is 11.3. The first kappa shape index (κ1) is 12.3. The molecule has 0 saturated heterocycles. The molecule has 1 unspecified atom stereocenters. The van der Waals surface area contributed by atoms with Crippen molar-refractivity contribution < 1.29 is 0 Å². The molecule has 0 aliphatic rings. The van der Waals surface area contributed by atoms with E-state index in [2.05, 4.69) is 36.3 Å². The zero-order valence-electron chi connectivity index (χ0n) is 10.5. The van der Waals surface area contributed by atoms with Crippen LogP contribution in [0.2, 0.25) is 0 Å². The summed E-state index contributed by atoms with van der Waals surface area (Å²) in [5.41, 5.74) is 9.61. The molecule has 2 nitrogen and oxygen atoms in total. The highest BCUT2D eigenvalue weighted by Gasteiger charge is 2.24. The van der Waals surface area contributed by atoms with Gasteiger partial charge >= 0.3 is 0 Å². The number of hydrogen-bond donors (Lipinski definition) is 1. The van der Waals surface area contributed by atoms with Crippen molar-refractivity contribution in [3.05, 3.63) is 51.5 Å². The molecule has 0 aliphatic heterocycles. The van der Waals surface area contributed by atoms with Crippen LogP contribution in [-0.4, -0.2) is 4.98 Å². The Labute approximate surface area is 107 Å². The van der Waals surface area contributed by atoms with E-state index in [0.29, 0.717) is 0 Å². The van der Waals surface area contributed by atoms with Gasteiger partial charge in [-0.2, -0.15) is 0 Å². The second-order valence-corrected chi connectivity index (χ2v) is 5.73. The Bertz CT molecular complexity index is 514. The van der Waals surface area contributed by atoms with E-state index in [0.717, 1.165) is 17.1 Å². The van der Waals surface area contributed by atoms with Gasteiger partial charge in [-0.05, 0) is 31.9 Å². The Morgan fingerprint density at radius 1 is 1.29 bits per heavy atom. The lowest BCUT2D eigenvalue weighted by atomic mass is 9.87. The first-order chi connectivity index (χ1) is 7.99. The predicted molar refractivity (Wildman–Crippen MR) is 73.3 cm³/mol. The van der Waals surface area contributed by atoms with E-state index < -0.39 is 0 Å². The number of rotatable bonds is 3. The van der Waals surface area contributed by atoms with Gasteiger partial charge in [-0.15, -0.1) is 11.3 Å². The molecule has 2 N–H and O–H groups in total. The van der Waals surface area contributed by atoms with Crippen LogP contribution < -0.4 is 5.73 Å². The molecule has 1 atom stereocenters. The summed E-state index contributed by atoms with van der Waals surface area (Å²) in [4.78, 5) is 4.49. The van der Waals surface area contributed by atoms with Crippen LogP contribution >= 0.6 is 11.3 Å². The quantitative estimate of drug-likeness (QED) is 0.903. The minimum Gasteiger partial charge on any atom is -0.321 e. The molecular weight excluding hydrogens is 228 g/mol. The normalized spacial score (nSPS) is 14.6. The highest BCUT2D eigenvalue weighted by molar-refractivity contribution is 7.09. The van der Waals surface area contributed by atoms with Gasteiger partial charge in [-0.1, -0.05) is 24.3 Å². The molecule has 1 heterocycles. The lowest BCUT2D eigenvalue weighted by Crippen LogP contribution is -2.36. The molecule has 0 bridgehead atoms. The largest absolute Gasteiger partial charge is 0.321 e. The van der Waals surface area contributed by atoms with Crippen LogP contribution in [0.15, 0.2) is 29.6 Å². The van der Waals surface area contributed by atoms with Gasteiger partial charge in [0.25, 0.3) is 0 Å². The molecule has 17 heavy (non-hydrogen) atoms. The minimum absolute atomic E-state index is 0.352. The molecule has 0 radical (unpaired) electrons. The molecule has 1 aromatic heterocycles. The van der Waals surface area contributed by atoms with Gasteiger partial charge in [0.1, 0.15) is 0 Å². The lowest BCUT2D eigenvalue weighted by Gasteiger charge is -2.26. The second kappa shape index (κ2) is 4.59. The van der Waals surface area contributed by atoms with Gasteiger partial charge in [-0.3, -0.25) is 0 Å². The van der Waals surface area contributed by atoms with Crippen LogP contribution in [0.4, 0.5) is 0 Å². The highest BCUT2D eigenvalue weighted by Crippen LogP contribution is 2.26. The van der Waals surface area contributed by atoms with Crippen molar-refractivity contribution in [1.82, 2.24) is 4.98 Å². The third kappa shape index (κ3) is 2.73. The number of benzene rings is 1. The average Bonchev–Trinajstić information content (AvgIpc) is 2.63. The Balaban J connectivity index is 2.27.